The Morgan fingerprint density at radius 1 is 1.30 bits per heavy atom. The molecule has 0 aromatic carbocycles. The van der Waals surface area contributed by atoms with Gasteiger partial charge in [0.15, 0.2) is 0 Å². The lowest BCUT2D eigenvalue weighted by molar-refractivity contribution is -0.154. The first-order valence-corrected chi connectivity index (χ1v) is 10.8. The summed E-state index contributed by atoms with van der Waals surface area (Å²) in [6.07, 6.45) is 11.2. The van der Waals surface area contributed by atoms with Crippen LogP contribution in [-0.4, -0.2) is 23.8 Å². The van der Waals surface area contributed by atoms with Crippen LogP contribution in [-0.2, 0) is 9.53 Å². The summed E-state index contributed by atoms with van der Waals surface area (Å²) in [5, 5.41) is 11.6. The van der Waals surface area contributed by atoms with Crippen molar-refractivity contribution in [1.82, 2.24) is 5.32 Å². The molecule has 5 heteroatoms. The van der Waals surface area contributed by atoms with Gasteiger partial charge >= 0.3 is 5.97 Å². The first-order valence-electron chi connectivity index (χ1n) is 9.99. The summed E-state index contributed by atoms with van der Waals surface area (Å²) in [6, 6.07) is 0. The van der Waals surface area contributed by atoms with Gasteiger partial charge in [-0.15, -0.1) is 0 Å². The lowest BCUT2D eigenvalue weighted by atomic mass is 9.94. The summed E-state index contributed by atoms with van der Waals surface area (Å²) in [5.41, 5.74) is 2.24. The largest absolute Gasteiger partial charge is 0.460 e. The maximum atomic E-state index is 11.9. The summed E-state index contributed by atoms with van der Waals surface area (Å²) < 4.78 is 6.43. The average molecular weight is 439 g/mol. The molecule has 0 aromatic rings. The molecule has 0 spiro atoms. The van der Waals surface area contributed by atoms with Gasteiger partial charge in [-0.25, -0.2) is 0 Å². The smallest absolute Gasteiger partial charge is 0.306 e. The van der Waals surface area contributed by atoms with Crippen LogP contribution < -0.4 is 5.32 Å². The van der Waals surface area contributed by atoms with Gasteiger partial charge in [0.1, 0.15) is 5.60 Å². The molecule has 4 nitrogen and oxygen atoms in total. The number of rotatable bonds is 10. The van der Waals surface area contributed by atoms with Gasteiger partial charge in [0.05, 0.1) is 5.71 Å². The second-order valence-electron chi connectivity index (χ2n) is 8.03. The highest BCUT2D eigenvalue weighted by atomic mass is 79.9. The molecular formula is C22H35BrN2O2. The van der Waals surface area contributed by atoms with Crippen molar-refractivity contribution in [2.75, 3.05) is 6.54 Å². The average Bonchev–Trinajstić information content (AvgIpc) is 2.56. The van der Waals surface area contributed by atoms with Gasteiger partial charge < -0.3 is 15.5 Å². The Labute approximate surface area is 173 Å². The summed E-state index contributed by atoms with van der Waals surface area (Å²) >= 11 is 3.58. The molecule has 0 radical (unpaired) electrons. The van der Waals surface area contributed by atoms with Gasteiger partial charge in [-0.3, -0.25) is 4.79 Å². The van der Waals surface area contributed by atoms with Crippen molar-refractivity contribution >= 4 is 27.6 Å². The molecule has 0 saturated carbocycles. The standard InChI is InChI=1S/C22H35BrN2O2/c1-6-9-16(10-8-11-21(26)27-22(3,4)5)14-25-15-18-17(7-2)19(23)12-13-20(18)24/h12-13,15-16,24-25H,6-11,14H2,1-5H3/b18-15-,24-20?. The van der Waals surface area contributed by atoms with Crippen LogP contribution in [0.2, 0.25) is 0 Å². The van der Waals surface area contributed by atoms with E-state index in [2.05, 4.69) is 35.1 Å². The van der Waals surface area contributed by atoms with E-state index in [9.17, 15) is 4.79 Å². The third-order valence-corrected chi connectivity index (χ3v) is 5.16. The zero-order chi connectivity index (χ0) is 20.4. The number of ether oxygens (including phenoxy) is 1. The van der Waals surface area contributed by atoms with Crippen molar-refractivity contribution in [1.29, 1.82) is 5.41 Å². The molecule has 0 aliphatic heterocycles. The van der Waals surface area contributed by atoms with Crippen molar-refractivity contribution in [3.05, 3.63) is 34.0 Å². The van der Waals surface area contributed by atoms with Crippen molar-refractivity contribution in [3.63, 3.8) is 0 Å². The van der Waals surface area contributed by atoms with Crippen LogP contribution in [0, 0.1) is 11.3 Å². The molecule has 0 bridgehead atoms. The topological polar surface area (TPSA) is 62.2 Å². The molecule has 0 fully saturated rings. The van der Waals surface area contributed by atoms with Crippen molar-refractivity contribution in [2.24, 2.45) is 5.92 Å². The predicted octanol–water partition coefficient (Wildman–Crippen LogP) is 6.04. The number of halogens is 1. The van der Waals surface area contributed by atoms with E-state index >= 15 is 0 Å². The van der Waals surface area contributed by atoms with E-state index in [1.165, 1.54) is 0 Å². The summed E-state index contributed by atoms with van der Waals surface area (Å²) in [5.74, 6) is 0.401. The van der Waals surface area contributed by atoms with Crippen LogP contribution in [0.3, 0.4) is 0 Å². The third kappa shape index (κ3) is 8.91. The second-order valence-corrected chi connectivity index (χ2v) is 8.88. The third-order valence-electron chi connectivity index (χ3n) is 4.42. The Bertz CT molecular complexity index is 612. The van der Waals surface area contributed by atoms with E-state index in [1.54, 1.807) is 0 Å². The first-order chi connectivity index (χ1) is 12.7. The van der Waals surface area contributed by atoms with Gasteiger partial charge in [0, 0.05) is 29.2 Å². The van der Waals surface area contributed by atoms with E-state index in [1.807, 2.05) is 39.1 Å². The number of esters is 1. The van der Waals surface area contributed by atoms with Crippen LogP contribution in [0.1, 0.15) is 73.1 Å². The predicted molar refractivity (Wildman–Crippen MR) is 117 cm³/mol. The maximum Gasteiger partial charge on any atom is 0.306 e. The molecule has 1 unspecified atom stereocenters. The molecule has 1 aliphatic carbocycles. The van der Waals surface area contributed by atoms with E-state index in [-0.39, 0.29) is 5.97 Å². The van der Waals surface area contributed by atoms with Crippen molar-refractivity contribution in [2.45, 2.75) is 78.7 Å². The second kappa shape index (κ2) is 11.5. The van der Waals surface area contributed by atoms with Crippen LogP contribution in [0.25, 0.3) is 0 Å². The normalized spacial score (nSPS) is 17.4. The van der Waals surface area contributed by atoms with Crippen molar-refractivity contribution < 1.29 is 9.53 Å². The van der Waals surface area contributed by atoms with Gasteiger partial charge in [-0.2, -0.15) is 0 Å². The summed E-state index contributed by atoms with van der Waals surface area (Å²) in [6.45, 7) is 10.9. The van der Waals surface area contributed by atoms with Gasteiger partial charge in [0.2, 0.25) is 0 Å². The number of carbonyl (C=O) groups is 1. The molecule has 0 aromatic heterocycles. The van der Waals surface area contributed by atoms with E-state index in [4.69, 9.17) is 10.1 Å². The Morgan fingerprint density at radius 2 is 2.00 bits per heavy atom. The molecule has 152 valence electrons. The Hall–Kier alpha value is -1.36. The molecule has 1 aliphatic rings. The number of carbonyl (C=O) groups excluding carboxylic acids is 1. The molecule has 27 heavy (non-hydrogen) atoms. The van der Waals surface area contributed by atoms with Gasteiger partial charge in [0.25, 0.3) is 0 Å². The molecule has 1 rings (SSSR count). The highest BCUT2D eigenvalue weighted by Crippen LogP contribution is 2.28. The fourth-order valence-electron chi connectivity index (χ4n) is 3.17. The molecule has 0 heterocycles. The highest BCUT2D eigenvalue weighted by Gasteiger charge is 2.17. The van der Waals surface area contributed by atoms with E-state index < -0.39 is 5.60 Å². The lowest BCUT2D eigenvalue weighted by Crippen LogP contribution is -2.24. The van der Waals surface area contributed by atoms with Crippen LogP contribution in [0.15, 0.2) is 34.0 Å². The van der Waals surface area contributed by atoms with E-state index in [0.717, 1.165) is 54.3 Å². The monoisotopic (exact) mass is 438 g/mol. The minimum Gasteiger partial charge on any atom is -0.460 e. The maximum absolute atomic E-state index is 11.9. The Kier molecular flexibility index (Phi) is 10.1. The van der Waals surface area contributed by atoms with Gasteiger partial charge in [-0.1, -0.05) is 36.2 Å². The number of hydrogen-bond acceptors (Lipinski definition) is 4. The lowest BCUT2D eigenvalue weighted by Gasteiger charge is -2.21. The summed E-state index contributed by atoms with van der Waals surface area (Å²) in [7, 11) is 0. The molecule has 2 N–H and O–H groups in total. The first kappa shape index (κ1) is 23.7. The minimum atomic E-state index is -0.411. The molecule has 1 atom stereocenters. The zero-order valence-electron chi connectivity index (χ0n) is 17.5. The molecule has 0 saturated heterocycles. The SMILES string of the molecule is CCCC(CCCC(=O)OC(C)(C)C)CN/C=C1\C(=N)C=CC(Br)=C1CC. The van der Waals surface area contributed by atoms with Crippen LogP contribution in [0.4, 0.5) is 0 Å². The summed E-state index contributed by atoms with van der Waals surface area (Å²) in [4.78, 5) is 11.9. The minimum absolute atomic E-state index is 0.113. The molecular weight excluding hydrogens is 404 g/mol. The van der Waals surface area contributed by atoms with E-state index in [0.29, 0.717) is 18.1 Å². The van der Waals surface area contributed by atoms with Crippen molar-refractivity contribution in [3.8, 4) is 0 Å². The fourth-order valence-corrected chi connectivity index (χ4v) is 3.80. The van der Waals surface area contributed by atoms with Crippen LogP contribution in [0.5, 0.6) is 0 Å². The highest BCUT2D eigenvalue weighted by molar-refractivity contribution is 9.11. The van der Waals surface area contributed by atoms with Gasteiger partial charge in [-0.05, 0) is 70.1 Å². The quantitative estimate of drug-likeness (QED) is 0.408. The fraction of sp³-hybridized carbons (Fsp3) is 0.636. The number of allylic oxidation sites excluding steroid dienone is 5. The number of nitrogens with one attached hydrogen (secondary N) is 2. The Morgan fingerprint density at radius 3 is 2.59 bits per heavy atom. The molecule has 0 amide bonds. The van der Waals surface area contributed by atoms with Crippen LogP contribution >= 0.6 is 15.9 Å². The number of hydrogen-bond donors (Lipinski definition) is 2. The Balaban J connectivity index is 2.54. The zero-order valence-corrected chi connectivity index (χ0v) is 19.0.